The van der Waals surface area contributed by atoms with Gasteiger partial charge in [0.25, 0.3) is 0 Å². The number of piperidine rings is 1. The molecule has 0 saturated carbocycles. The van der Waals surface area contributed by atoms with Crippen molar-refractivity contribution in [1.82, 2.24) is 15.1 Å². The monoisotopic (exact) mass is 546 g/mol. The topological polar surface area (TPSA) is 49.3 Å². The maximum atomic E-state index is 5.41. The molecule has 7 heteroatoms. The fourth-order valence-corrected chi connectivity index (χ4v) is 4.46. The van der Waals surface area contributed by atoms with Crippen LogP contribution in [0.2, 0.25) is 0 Å². The van der Waals surface area contributed by atoms with Crippen molar-refractivity contribution < 1.29 is 9.47 Å². The van der Waals surface area contributed by atoms with E-state index in [0.29, 0.717) is 0 Å². The van der Waals surface area contributed by atoms with Gasteiger partial charge in [0.15, 0.2) is 17.5 Å². The van der Waals surface area contributed by atoms with E-state index in [4.69, 9.17) is 9.47 Å². The Morgan fingerprint density at radius 3 is 2.42 bits per heavy atom. The van der Waals surface area contributed by atoms with Gasteiger partial charge in [0.1, 0.15) is 0 Å². The predicted octanol–water partition coefficient (Wildman–Crippen LogP) is 4.13. The fraction of sp³-hybridized carbons (Fsp3) is 0.708. The normalized spacial score (nSPS) is 19.5. The maximum absolute atomic E-state index is 5.41. The van der Waals surface area contributed by atoms with E-state index in [2.05, 4.69) is 47.1 Å². The molecule has 0 spiro atoms. The average molecular weight is 547 g/mol. The van der Waals surface area contributed by atoms with Crippen LogP contribution in [0.3, 0.4) is 0 Å². The molecule has 2 atom stereocenters. The summed E-state index contributed by atoms with van der Waals surface area (Å²) in [6, 6.07) is 6.10. The highest BCUT2D eigenvalue weighted by molar-refractivity contribution is 14.0. The molecule has 2 unspecified atom stereocenters. The van der Waals surface area contributed by atoms with Crippen LogP contribution in [0.4, 0.5) is 0 Å². The molecule has 1 aromatic rings. The number of nitrogens with one attached hydrogen (secondary N) is 1. The summed E-state index contributed by atoms with van der Waals surface area (Å²) in [5.74, 6) is 4.17. The molecule has 1 saturated heterocycles. The van der Waals surface area contributed by atoms with Crippen molar-refractivity contribution in [3.63, 3.8) is 0 Å². The average Bonchev–Trinajstić information content (AvgIpc) is 2.73. The van der Waals surface area contributed by atoms with Gasteiger partial charge in [-0.05, 0) is 61.8 Å². The second kappa shape index (κ2) is 14.8. The van der Waals surface area contributed by atoms with Gasteiger partial charge in [-0.15, -0.1) is 24.0 Å². The first kappa shape index (κ1) is 27.8. The third-order valence-electron chi connectivity index (χ3n) is 5.89. The Labute approximate surface area is 206 Å². The van der Waals surface area contributed by atoms with Gasteiger partial charge in [-0.25, -0.2) is 0 Å². The Kier molecular flexibility index (Phi) is 13.3. The molecule has 6 nitrogen and oxygen atoms in total. The van der Waals surface area contributed by atoms with E-state index in [9.17, 15) is 0 Å². The van der Waals surface area contributed by atoms with E-state index >= 15 is 0 Å². The first-order valence-electron chi connectivity index (χ1n) is 11.3. The highest BCUT2D eigenvalue weighted by Crippen LogP contribution is 2.27. The molecule has 0 radical (unpaired) electrons. The molecule has 178 valence electrons. The number of likely N-dealkylation sites (N-methyl/N-ethyl adjacent to an activating group) is 1. The lowest BCUT2D eigenvalue weighted by Gasteiger charge is -2.35. The van der Waals surface area contributed by atoms with Crippen LogP contribution in [-0.2, 0) is 6.42 Å². The van der Waals surface area contributed by atoms with Crippen LogP contribution in [0.25, 0.3) is 0 Å². The number of benzene rings is 1. The van der Waals surface area contributed by atoms with Crippen molar-refractivity contribution >= 4 is 29.9 Å². The van der Waals surface area contributed by atoms with Crippen LogP contribution in [0.1, 0.15) is 38.7 Å². The number of halogens is 1. The van der Waals surface area contributed by atoms with Crippen LogP contribution in [0.15, 0.2) is 23.2 Å². The zero-order valence-corrected chi connectivity index (χ0v) is 22.6. The van der Waals surface area contributed by atoms with Crippen molar-refractivity contribution in [2.45, 2.75) is 39.5 Å². The molecule has 1 fully saturated rings. The molecule has 2 rings (SSSR count). The van der Waals surface area contributed by atoms with Gasteiger partial charge in [-0.2, -0.15) is 0 Å². The zero-order valence-electron chi connectivity index (χ0n) is 20.3. The van der Waals surface area contributed by atoms with Crippen LogP contribution >= 0.6 is 24.0 Å². The number of likely N-dealkylation sites (tertiary alicyclic amines) is 1. The summed E-state index contributed by atoms with van der Waals surface area (Å²) >= 11 is 0. The predicted molar refractivity (Wildman–Crippen MR) is 141 cm³/mol. The molecule has 1 N–H and O–H groups in total. The summed E-state index contributed by atoms with van der Waals surface area (Å²) in [6.07, 6.45) is 4.70. The second-order valence-corrected chi connectivity index (χ2v) is 8.75. The number of methoxy groups -OCH3 is 2. The summed E-state index contributed by atoms with van der Waals surface area (Å²) in [5.41, 5.74) is 1.22. The van der Waals surface area contributed by atoms with Gasteiger partial charge < -0.3 is 24.6 Å². The van der Waals surface area contributed by atoms with Crippen LogP contribution in [0.5, 0.6) is 11.5 Å². The highest BCUT2D eigenvalue weighted by atomic mass is 127. The SMILES string of the molecule is CN=C(NCCCCN1CC(C)CC(C)C1)N(C)CCc1ccc(OC)c(OC)c1.I. The third-order valence-corrected chi connectivity index (χ3v) is 5.89. The third kappa shape index (κ3) is 9.43. The van der Waals surface area contributed by atoms with Crippen LogP contribution in [-0.4, -0.2) is 76.8 Å². The Morgan fingerprint density at radius 1 is 1.13 bits per heavy atom. The van der Waals surface area contributed by atoms with E-state index in [1.54, 1.807) is 14.2 Å². The van der Waals surface area contributed by atoms with Crippen molar-refractivity contribution in [3.8, 4) is 11.5 Å². The van der Waals surface area contributed by atoms with Crippen molar-refractivity contribution in [2.75, 3.05) is 61.0 Å². The molecule has 1 aliphatic rings. The van der Waals surface area contributed by atoms with Crippen LogP contribution in [0, 0.1) is 11.8 Å². The number of guanidine groups is 1. The number of nitrogens with zero attached hydrogens (tertiary/aromatic N) is 3. The number of rotatable bonds is 10. The molecule has 31 heavy (non-hydrogen) atoms. The van der Waals surface area contributed by atoms with E-state index in [1.807, 2.05) is 19.2 Å². The lowest BCUT2D eigenvalue weighted by atomic mass is 9.92. The Morgan fingerprint density at radius 2 is 1.81 bits per heavy atom. The molecule has 0 amide bonds. The van der Waals surface area contributed by atoms with Gasteiger partial charge in [-0.3, -0.25) is 4.99 Å². The standard InChI is InChI=1S/C24H42N4O2.HI/c1-19-15-20(2)18-28(17-19)13-8-7-12-26-24(25-3)27(4)14-11-21-9-10-22(29-5)23(16-21)30-6;/h9-10,16,19-20H,7-8,11-15,17-18H2,1-6H3,(H,25,26);1H. The Bertz CT molecular complexity index is 661. The Hall–Kier alpha value is -1.22. The lowest BCUT2D eigenvalue weighted by molar-refractivity contribution is 0.139. The molecular formula is C24H43IN4O2. The number of unbranched alkanes of at least 4 members (excludes halogenated alkanes) is 1. The number of aliphatic imine (C=N–C) groups is 1. The minimum atomic E-state index is 0. The summed E-state index contributed by atoms with van der Waals surface area (Å²) in [5, 5.41) is 3.51. The summed E-state index contributed by atoms with van der Waals surface area (Å²) in [7, 11) is 7.28. The molecule has 1 aliphatic heterocycles. The van der Waals surface area contributed by atoms with Crippen LogP contribution < -0.4 is 14.8 Å². The second-order valence-electron chi connectivity index (χ2n) is 8.75. The first-order valence-corrected chi connectivity index (χ1v) is 11.3. The molecular weight excluding hydrogens is 503 g/mol. The molecule has 0 bridgehead atoms. The summed E-state index contributed by atoms with van der Waals surface area (Å²) in [4.78, 5) is 9.27. The summed E-state index contributed by atoms with van der Waals surface area (Å²) in [6.45, 7) is 10.4. The molecule has 1 aromatic carbocycles. The van der Waals surface area contributed by atoms with Gasteiger partial charge >= 0.3 is 0 Å². The first-order chi connectivity index (χ1) is 14.5. The van der Waals surface area contributed by atoms with Gasteiger partial charge in [-0.1, -0.05) is 19.9 Å². The fourth-order valence-electron chi connectivity index (χ4n) is 4.46. The zero-order chi connectivity index (χ0) is 21.9. The lowest BCUT2D eigenvalue weighted by Crippen LogP contribution is -2.41. The maximum Gasteiger partial charge on any atom is 0.193 e. The molecule has 0 aromatic heterocycles. The van der Waals surface area contributed by atoms with Gasteiger partial charge in [0.05, 0.1) is 14.2 Å². The number of hydrogen-bond donors (Lipinski definition) is 1. The molecule has 0 aliphatic carbocycles. The largest absolute Gasteiger partial charge is 0.493 e. The van der Waals surface area contributed by atoms with Gasteiger partial charge in [0.2, 0.25) is 0 Å². The number of ether oxygens (including phenoxy) is 2. The van der Waals surface area contributed by atoms with E-state index in [1.165, 1.54) is 44.5 Å². The quantitative estimate of drug-likeness (QED) is 0.207. The van der Waals surface area contributed by atoms with Crippen molar-refractivity contribution in [2.24, 2.45) is 16.8 Å². The minimum absolute atomic E-state index is 0. The van der Waals surface area contributed by atoms with Crippen molar-refractivity contribution in [1.29, 1.82) is 0 Å². The molecule has 1 heterocycles. The smallest absolute Gasteiger partial charge is 0.193 e. The minimum Gasteiger partial charge on any atom is -0.493 e. The van der Waals surface area contributed by atoms with Gasteiger partial charge in [0, 0.05) is 40.3 Å². The van der Waals surface area contributed by atoms with E-state index < -0.39 is 0 Å². The summed E-state index contributed by atoms with van der Waals surface area (Å²) < 4.78 is 10.7. The van der Waals surface area contributed by atoms with E-state index in [0.717, 1.165) is 48.8 Å². The Balaban J connectivity index is 0.00000480. The van der Waals surface area contributed by atoms with Crippen molar-refractivity contribution in [3.05, 3.63) is 23.8 Å². The van der Waals surface area contributed by atoms with E-state index in [-0.39, 0.29) is 24.0 Å². The number of hydrogen-bond acceptors (Lipinski definition) is 4. The highest BCUT2D eigenvalue weighted by Gasteiger charge is 2.20.